The lowest BCUT2D eigenvalue weighted by Gasteiger charge is -2.35. The summed E-state index contributed by atoms with van der Waals surface area (Å²) in [6.07, 6.45) is 1.59. The van der Waals surface area contributed by atoms with E-state index in [1.54, 1.807) is 27.0 Å². The predicted molar refractivity (Wildman–Crippen MR) is 97.1 cm³/mol. The topological polar surface area (TPSA) is 69.4 Å². The second-order valence-corrected chi connectivity index (χ2v) is 6.23. The van der Waals surface area contributed by atoms with Gasteiger partial charge in [0.2, 0.25) is 5.91 Å². The number of hydrogen-bond acceptors (Lipinski definition) is 4. The first-order chi connectivity index (χ1) is 12.7. The number of rotatable bonds is 5. The van der Waals surface area contributed by atoms with Crippen LogP contribution < -0.4 is 4.90 Å². The zero-order valence-electron chi connectivity index (χ0n) is 14.6. The summed E-state index contributed by atoms with van der Waals surface area (Å²) in [5, 5.41) is 0. The predicted octanol–water partition coefficient (Wildman–Crippen LogP) is 2.33. The Kier molecular flexibility index (Phi) is 4.20. The smallest absolute Gasteiger partial charge is 0.330 e. The minimum atomic E-state index is -0.192. The molecule has 0 spiro atoms. The van der Waals surface area contributed by atoms with Crippen LogP contribution in [0.4, 0.5) is 10.5 Å². The van der Waals surface area contributed by atoms with Crippen molar-refractivity contribution in [1.29, 1.82) is 0 Å². The first kappa shape index (κ1) is 16.4. The summed E-state index contributed by atoms with van der Waals surface area (Å²) in [4.78, 5) is 35.1. The highest BCUT2D eigenvalue weighted by molar-refractivity contribution is 6.20. The highest BCUT2D eigenvalue weighted by Gasteiger charge is 2.38. The van der Waals surface area contributed by atoms with Crippen molar-refractivity contribution in [2.75, 3.05) is 31.1 Å². The number of amides is 3. The third-order valence-corrected chi connectivity index (χ3v) is 4.69. The first-order valence-corrected chi connectivity index (χ1v) is 8.72. The second kappa shape index (κ2) is 6.67. The average molecular weight is 352 g/mol. The number of anilines is 1. The van der Waals surface area contributed by atoms with E-state index in [4.69, 9.17) is 4.42 Å². The van der Waals surface area contributed by atoms with E-state index in [0.717, 1.165) is 17.0 Å². The molecule has 0 saturated heterocycles. The third-order valence-electron chi connectivity index (χ3n) is 4.69. The summed E-state index contributed by atoms with van der Waals surface area (Å²) in [5.74, 6) is 1.31. The number of para-hydroxylation sites is 1. The number of aliphatic imine (C=N–C) groups is 1. The van der Waals surface area contributed by atoms with Crippen LogP contribution >= 0.6 is 0 Å². The molecule has 26 heavy (non-hydrogen) atoms. The van der Waals surface area contributed by atoms with Gasteiger partial charge in [0.15, 0.2) is 0 Å². The number of fused-ring (bicyclic) bond motifs is 3. The Morgan fingerprint density at radius 1 is 1.27 bits per heavy atom. The Labute approximate surface area is 151 Å². The molecule has 0 saturated carbocycles. The molecule has 134 valence electrons. The Bertz CT molecular complexity index is 859. The Morgan fingerprint density at radius 3 is 2.88 bits per heavy atom. The first-order valence-electron chi connectivity index (χ1n) is 8.72. The van der Waals surface area contributed by atoms with Crippen molar-refractivity contribution in [2.24, 2.45) is 4.99 Å². The zero-order chi connectivity index (χ0) is 18.1. The van der Waals surface area contributed by atoms with Gasteiger partial charge < -0.3 is 9.32 Å². The molecule has 3 heterocycles. The molecule has 0 fully saturated rings. The van der Waals surface area contributed by atoms with Gasteiger partial charge in [-0.15, -0.1) is 0 Å². The van der Waals surface area contributed by atoms with Gasteiger partial charge in [0, 0.05) is 18.7 Å². The number of amidine groups is 1. The molecule has 1 aromatic carbocycles. The fraction of sp³-hybridized carbons (Fsp3) is 0.316. The van der Waals surface area contributed by atoms with Gasteiger partial charge in [-0.2, -0.15) is 0 Å². The van der Waals surface area contributed by atoms with E-state index >= 15 is 0 Å². The highest BCUT2D eigenvalue weighted by atomic mass is 16.3. The maximum absolute atomic E-state index is 12.9. The SMILES string of the molecule is CCN(Cc1ccco1)C(=O)CN1C(=O)N2CCN=C2c2ccccc21. The number of carbonyl (C=O) groups excluding carboxylic acids is 2. The molecule has 1 aromatic heterocycles. The molecule has 0 N–H and O–H groups in total. The lowest BCUT2D eigenvalue weighted by molar-refractivity contribution is -0.130. The van der Waals surface area contributed by atoms with Gasteiger partial charge >= 0.3 is 6.03 Å². The van der Waals surface area contributed by atoms with Gasteiger partial charge in [0.25, 0.3) is 0 Å². The molecule has 2 aromatic rings. The van der Waals surface area contributed by atoms with Crippen LogP contribution in [0.15, 0.2) is 52.1 Å². The Balaban J connectivity index is 1.59. The highest BCUT2D eigenvalue weighted by Crippen LogP contribution is 2.30. The number of furan rings is 1. The van der Waals surface area contributed by atoms with Crippen LogP contribution in [0.25, 0.3) is 0 Å². The lowest BCUT2D eigenvalue weighted by atomic mass is 10.1. The van der Waals surface area contributed by atoms with E-state index in [-0.39, 0.29) is 18.5 Å². The average Bonchev–Trinajstić information content (AvgIpc) is 3.34. The van der Waals surface area contributed by atoms with Gasteiger partial charge in [0.05, 0.1) is 25.0 Å². The van der Waals surface area contributed by atoms with Gasteiger partial charge in [0.1, 0.15) is 18.1 Å². The monoisotopic (exact) mass is 352 g/mol. The molecule has 0 radical (unpaired) electrons. The van der Waals surface area contributed by atoms with Crippen molar-refractivity contribution in [2.45, 2.75) is 13.5 Å². The fourth-order valence-electron chi connectivity index (χ4n) is 3.37. The number of carbonyl (C=O) groups is 2. The van der Waals surface area contributed by atoms with Crippen molar-refractivity contribution >= 4 is 23.5 Å². The fourth-order valence-corrected chi connectivity index (χ4v) is 3.37. The standard InChI is InChI=1S/C19H20N4O3/c1-2-21(12-14-6-5-11-26-14)17(24)13-23-16-8-4-3-7-15(16)18-20-9-10-22(18)19(23)25/h3-8,11H,2,9-10,12-13H2,1H3. The Hall–Kier alpha value is -3.09. The minimum absolute atomic E-state index is 0.00578. The van der Waals surface area contributed by atoms with E-state index in [0.29, 0.717) is 32.0 Å². The van der Waals surface area contributed by atoms with Crippen LogP contribution in [0.2, 0.25) is 0 Å². The maximum Gasteiger partial charge on any atom is 0.330 e. The largest absolute Gasteiger partial charge is 0.467 e. The summed E-state index contributed by atoms with van der Waals surface area (Å²) in [6.45, 7) is 3.99. The van der Waals surface area contributed by atoms with E-state index in [1.807, 2.05) is 37.3 Å². The molecular formula is C19H20N4O3. The molecule has 3 amide bonds. The number of urea groups is 1. The molecular weight excluding hydrogens is 332 g/mol. The number of benzene rings is 1. The van der Waals surface area contributed by atoms with Crippen molar-refractivity contribution in [3.8, 4) is 0 Å². The summed E-state index contributed by atoms with van der Waals surface area (Å²) in [5.41, 5.74) is 1.63. The van der Waals surface area contributed by atoms with Crippen LogP contribution in [-0.4, -0.2) is 53.8 Å². The van der Waals surface area contributed by atoms with Gasteiger partial charge in [-0.25, -0.2) is 4.79 Å². The normalized spacial score (nSPS) is 15.6. The van der Waals surface area contributed by atoms with Gasteiger partial charge in [-0.05, 0) is 31.2 Å². The number of hydrogen-bond donors (Lipinski definition) is 0. The van der Waals surface area contributed by atoms with Crippen molar-refractivity contribution in [3.05, 3.63) is 54.0 Å². The molecule has 4 rings (SSSR count). The van der Waals surface area contributed by atoms with Crippen LogP contribution in [0, 0.1) is 0 Å². The molecule has 0 atom stereocenters. The molecule has 0 aliphatic carbocycles. The van der Waals surface area contributed by atoms with E-state index < -0.39 is 0 Å². The van der Waals surface area contributed by atoms with Crippen molar-refractivity contribution in [3.63, 3.8) is 0 Å². The summed E-state index contributed by atoms with van der Waals surface area (Å²) in [7, 11) is 0. The lowest BCUT2D eigenvalue weighted by Crippen LogP contribution is -2.53. The van der Waals surface area contributed by atoms with E-state index in [1.165, 1.54) is 0 Å². The van der Waals surface area contributed by atoms with Crippen LogP contribution in [0.5, 0.6) is 0 Å². The van der Waals surface area contributed by atoms with E-state index in [9.17, 15) is 9.59 Å². The third kappa shape index (κ3) is 2.75. The summed E-state index contributed by atoms with van der Waals surface area (Å²) < 4.78 is 5.34. The summed E-state index contributed by atoms with van der Waals surface area (Å²) in [6, 6.07) is 11.0. The summed E-state index contributed by atoms with van der Waals surface area (Å²) >= 11 is 0. The molecule has 0 bridgehead atoms. The van der Waals surface area contributed by atoms with Crippen LogP contribution in [0.3, 0.4) is 0 Å². The molecule has 7 heteroatoms. The van der Waals surface area contributed by atoms with Crippen LogP contribution in [0.1, 0.15) is 18.2 Å². The second-order valence-electron chi connectivity index (χ2n) is 6.23. The number of likely N-dealkylation sites (N-methyl/N-ethyl adjacent to an activating group) is 1. The van der Waals surface area contributed by atoms with Gasteiger partial charge in [-0.3, -0.25) is 19.6 Å². The van der Waals surface area contributed by atoms with E-state index in [2.05, 4.69) is 4.99 Å². The Morgan fingerprint density at radius 2 is 2.12 bits per heavy atom. The van der Waals surface area contributed by atoms with Gasteiger partial charge in [-0.1, -0.05) is 12.1 Å². The number of nitrogens with zero attached hydrogens (tertiary/aromatic N) is 4. The molecule has 2 aliphatic rings. The van der Waals surface area contributed by atoms with Crippen molar-refractivity contribution < 1.29 is 14.0 Å². The maximum atomic E-state index is 12.9. The van der Waals surface area contributed by atoms with Crippen molar-refractivity contribution in [1.82, 2.24) is 9.80 Å². The minimum Gasteiger partial charge on any atom is -0.467 e. The van der Waals surface area contributed by atoms with Crippen LogP contribution in [-0.2, 0) is 11.3 Å². The molecule has 7 nitrogen and oxygen atoms in total. The molecule has 2 aliphatic heterocycles. The molecule has 0 unspecified atom stereocenters. The quantitative estimate of drug-likeness (QED) is 0.829. The zero-order valence-corrected chi connectivity index (χ0v) is 14.6.